The predicted octanol–water partition coefficient (Wildman–Crippen LogP) is 6.46. The Bertz CT molecular complexity index is 684. The van der Waals surface area contributed by atoms with Gasteiger partial charge < -0.3 is 9.47 Å². The minimum absolute atomic E-state index is 0.258. The molecule has 174 valence electrons. The molecule has 0 radical (unpaired) electrons. The normalized spacial score (nSPS) is 19.5. The molecule has 0 N–H and O–H groups in total. The van der Waals surface area contributed by atoms with E-state index in [4.69, 9.17) is 9.47 Å². The second-order valence-corrected chi connectivity index (χ2v) is 9.08. The van der Waals surface area contributed by atoms with Crippen LogP contribution in [0.2, 0.25) is 0 Å². The van der Waals surface area contributed by atoms with E-state index in [9.17, 15) is 9.59 Å². The number of fused-ring (bicyclic) bond motifs is 1. The fraction of sp³-hybridized carbons (Fsp3) is 0.704. The molecule has 4 nitrogen and oxygen atoms in total. The molecule has 0 fully saturated rings. The van der Waals surface area contributed by atoms with Crippen LogP contribution < -0.4 is 0 Å². The molecule has 0 spiro atoms. The maximum Gasteiger partial charge on any atom is 0.314 e. The Labute approximate surface area is 189 Å². The molecular formula is C27H42O4. The van der Waals surface area contributed by atoms with Crippen molar-refractivity contribution in [1.29, 1.82) is 0 Å². The highest BCUT2D eigenvalue weighted by Gasteiger charge is 2.43. The lowest BCUT2D eigenvalue weighted by Crippen LogP contribution is -2.30. The molecule has 2 rings (SSSR count). The zero-order valence-corrected chi connectivity index (χ0v) is 20.0. The van der Waals surface area contributed by atoms with Crippen molar-refractivity contribution in [1.82, 2.24) is 0 Å². The molecule has 0 heterocycles. The standard InChI is InChI=1S/C27H42O4/c1-5-9-13-20(7-3)18-30-26(28)24-17-22-15-11-12-16-23(22)25(24)27(29)31-19-21(8-4)14-10-6-2/h11-12,15-16,20-21,24-25H,5-10,13-14,17-19H2,1-4H3. The number of hydrogen-bond acceptors (Lipinski definition) is 4. The lowest BCUT2D eigenvalue weighted by molar-refractivity contribution is -0.158. The Balaban J connectivity index is 2.04. The second-order valence-electron chi connectivity index (χ2n) is 9.08. The van der Waals surface area contributed by atoms with Gasteiger partial charge in [-0.25, -0.2) is 0 Å². The molecule has 1 aliphatic rings. The van der Waals surface area contributed by atoms with E-state index in [2.05, 4.69) is 27.7 Å². The van der Waals surface area contributed by atoms with Gasteiger partial charge in [-0.2, -0.15) is 0 Å². The van der Waals surface area contributed by atoms with Crippen LogP contribution in [0.15, 0.2) is 24.3 Å². The number of carbonyl (C=O) groups is 2. The third-order valence-corrected chi connectivity index (χ3v) is 6.80. The van der Waals surface area contributed by atoms with Gasteiger partial charge in [0.05, 0.1) is 25.0 Å². The Morgan fingerprint density at radius 2 is 1.42 bits per heavy atom. The van der Waals surface area contributed by atoms with Crippen LogP contribution in [-0.4, -0.2) is 25.2 Å². The van der Waals surface area contributed by atoms with Crippen molar-refractivity contribution in [3.05, 3.63) is 35.4 Å². The number of rotatable bonds is 14. The Morgan fingerprint density at radius 3 is 1.97 bits per heavy atom. The first kappa shape index (κ1) is 25.4. The average Bonchev–Trinajstić information content (AvgIpc) is 3.19. The van der Waals surface area contributed by atoms with Gasteiger partial charge in [0.25, 0.3) is 0 Å². The number of ether oxygens (including phenoxy) is 2. The quantitative estimate of drug-likeness (QED) is 0.318. The summed E-state index contributed by atoms with van der Waals surface area (Å²) >= 11 is 0. The van der Waals surface area contributed by atoms with Gasteiger partial charge in [0.15, 0.2) is 0 Å². The van der Waals surface area contributed by atoms with Crippen LogP contribution in [0, 0.1) is 17.8 Å². The summed E-state index contributed by atoms with van der Waals surface area (Å²) in [4.78, 5) is 26.2. The molecule has 1 aliphatic carbocycles. The maximum atomic E-state index is 13.1. The van der Waals surface area contributed by atoms with Gasteiger partial charge in [0.2, 0.25) is 0 Å². The van der Waals surface area contributed by atoms with Crippen molar-refractivity contribution < 1.29 is 19.1 Å². The van der Waals surface area contributed by atoms with Crippen molar-refractivity contribution in [2.45, 2.75) is 91.4 Å². The molecule has 0 bridgehead atoms. The van der Waals surface area contributed by atoms with Crippen LogP contribution in [0.3, 0.4) is 0 Å². The maximum absolute atomic E-state index is 13.1. The molecular weight excluding hydrogens is 388 g/mol. The molecule has 0 saturated carbocycles. The van der Waals surface area contributed by atoms with Crippen LogP contribution in [0.1, 0.15) is 96.1 Å². The summed E-state index contributed by atoms with van der Waals surface area (Å²) in [7, 11) is 0. The molecule has 4 heteroatoms. The molecule has 4 unspecified atom stereocenters. The summed E-state index contributed by atoms with van der Waals surface area (Å²) in [6, 6.07) is 7.86. The highest BCUT2D eigenvalue weighted by Crippen LogP contribution is 2.40. The summed E-state index contributed by atoms with van der Waals surface area (Å²) < 4.78 is 11.5. The van der Waals surface area contributed by atoms with E-state index in [1.165, 1.54) is 0 Å². The molecule has 0 aliphatic heterocycles. The Hall–Kier alpha value is -1.84. The van der Waals surface area contributed by atoms with Gasteiger partial charge in [-0.1, -0.05) is 90.5 Å². The first-order valence-corrected chi connectivity index (χ1v) is 12.5. The summed E-state index contributed by atoms with van der Waals surface area (Å²) in [5, 5.41) is 0. The third kappa shape index (κ3) is 7.36. The van der Waals surface area contributed by atoms with E-state index >= 15 is 0 Å². The van der Waals surface area contributed by atoms with Gasteiger partial charge in [-0.3, -0.25) is 9.59 Å². The van der Waals surface area contributed by atoms with Crippen molar-refractivity contribution in [3.8, 4) is 0 Å². The predicted molar refractivity (Wildman–Crippen MR) is 125 cm³/mol. The summed E-state index contributed by atoms with van der Waals surface area (Å²) in [6.07, 6.45) is 9.28. The first-order chi connectivity index (χ1) is 15.0. The van der Waals surface area contributed by atoms with E-state index in [0.29, 0.717) is 31.5 Å². The topological polar surface area (TPSA) is 52.6 Å². The third-order valence-electron chi connectivity index (χ3n) is 6.80. The van der Waals surface area contributed by atoms with E-state index in [0.717, 1.165) is 62.5 Å². The van der Waals surface area contributed by atoms with Crippen molar-refractivity contribution in [2.24, 2.45) is 17.8 Å². The molecule has 31 heavy (non-hydrogen) atoms. The largest absolute Gasteiger partial charge is 0.465 e. The zero-order valence-electron chi connectivity index (χ0n) is 20.0. The molecule has 0 aromatic heterocycles. The van der Waals surface area contributed by atoms with Crippen LogP contribution in [-0.2, 0) is 25.5 Å². The summed E-state index contributed by atoms with van der Waals surface area (Å²) in [5.41, 5.74) is 1.98. The fourth-order valence-corrected chi connectivity index (χ4v) is 4.50. The molecule has 1 aromatic rings. The fourth-order valence-electron chi connectivity index (χ4n) is 4.50. The lowest BCUT2D eigenvalue weighted by Gasteiger charge is -2.22. The molecule has 1 aromatic carbocycles. The number of hydrogen-bond donors (Lipinski definition) is 0. The van der Waals surface area contributed by atoms with Crippen molar-refractivity contribution in [3.63, 3.8) is 0 Å². The van der Waals surface area contributed by atoms with Crippen LogP contribution >= 0.6 is 0 Å². The molecule has 0 amide bonds. The van der Waals surface area contributed by atoms with Gasteiger partial charge in [0.1, 0.15) is 0 Å². The van der Waals surface area contributed by atoms with Crippen molar-refractivity contribution in [2.75, 3.05) is 13.2 Å². The van der Waals surface area contributed by atoms with E-state index in [1.54, 1.807) is 0 Å². The van der Waals surface area contributed by atoms with E-state index in [-0.39, 0.29) is 11.9 Å². The number of esters is 2. The minimum Gasteiger partial charge on any atom is -0.465 e. The number of unbranched alkanes of at least 4 members (excludes halogenated alkanes) is 2. The number of carbonyl (C=O) groups excluding carboxylic acids is 2. The SMILES string of the molecule is CCCCC(CC)COC(=O)C1Cc2ccccc2C1C(=O)OCC(CC)CCCC. The lowest BCUT2D eigenvalue weighted by atomic mass is 9.92. The average molecular weight is 431 g/mol. The second kappa shape index (κ2) is 13.5. The van der Waals surface area contributed by atoms with Crippen LogP contribution in [0.4, 0.5) is 0 Å². The van der Waals surface area contributed by atoms with Gasteiger partial charge in [0, 0.05) is 0 Å². The highest BCUT2D eigenvalue weighted by molar-refractivity contribution is 5.88. The molecule has 4 atom stereocenters. The summed E-state index contributed by atoms with van der Waals surface area (Å²) in [5.74, 6) is -0.796. The first-order valence-electron chi connectivity index (χ1n) is 12.5. The van der Waals surface area contributed by atoms with Crippen molar-refractivity contribution >= 4 is 11.9 Å². The number of benzene rings is 1. The highest BCUT2D eigenvalue weighted by atomic mass is 16.5. The van der Waals surface area contributed by atoms with E-state index < -0.39 is 11.8 Å². The van der Waals surface area contributed by atoms with Gasteiger partial charge in [-0.15, -0.1) is 0 Å². The Kier molecular flexibility index (Phi) is 11.1. The monoisotopic (exact) mass is 430 g/mol. The van der Waals surface area contributed by atoms with Gasteiger partial charge in [-0.05, 0) is 42.2 Å². The van der Waals surface area contributed by atoms with E-state index in [1.807, 2.05) is 24.3 Å². The van der Waals surface area contributed by atoms with Gasteiger partial charge >= 0.3 is 11.9 Å². The molecule has 0 saturated heterocycles. The summed E-state index contributed by atoms with van der Waals surface area (Å²) in [6.45, 7) is 9.51. The van der Waals surface area contributed by atoms with Crippen LogP contribution in [0.25, 0.3) is 0 Å². The smallest absolute Gasteiger partial charge is 0.314 e. The van der Waals surface area contributed by atoms with Crippen LogP contribution in [0.5, 0.6) is 0 Å². The zero-order chi connectivity index (χ0) is 22.6. The minimum atomic E-state index is -0.553. The Morgan fingerprint density at radius 1 is 0.871 bits per heavy atom.